The van der Waals surface area contributed by atoms with E-state index in [-0.39, 0.29) is 18.3 Å². The molecule has 3 aromatic heterocycles. The molecule has 146 valence electrons. The standard InChI is InChI=1S/C19H18N2O4S3/c1-11-17(28-18(21-11)13-6-8-26-10-13)19(24)25-9-15(23)16-4-3-14(27-16)5-7-20-12(2)22/h3-4,6,8,10H,5,7,9H2,1-2H3,(H,20,22). The highest BCUT2D eigenvalue weighted by Gasteiger charge is 2.19. The maximum absolute atomic E-state index is 12.4. The molecule has 0 spiro atoms. The van der Waals surface area contributed by atoms with E-state index >= 15 is 0 Å². The van der Waals surface area contributed by atoms with Crippen molar-refractivity contribution in [2.75, 3.05) is 13.2 Å². The van der Waals surface area contributed by atoms with Gasteiger partial charge in [-0.1, -0.05) is 0 Å². The Morgan fingerprint density at radius 1 is 1.18 bits per heavy atom. The van der Waals surface area contributed by atoms with Gasteiger partial charge in [0.1, 0.15) is 9.88 Å². The van der Waals surface area contributed by atoms with E-state index in [0.717, 1.165) is 15.4 Å². The average molecular weight is 435 g/mol. The highest BCUT2D eigenvalue weighted by molar-refractivity contribution is 7.17. The molecule has 1 N–H and O–H groups in total. The number of hydrogen-bond acceptors (Lipinski definition) is 8. The van der Waals surface area contributed by atoms with Crippen molar-refractivity contribution in [3.05, 3.63) is 49.3 Å². The third kappa shape index (κ3) is 5.12. The lowest BCUT2D eigenvalue weighted by molar-refractivity contribution is -0.118. The molecule has 0 saturated heterocycles. The Bertz CT molecular complexity index is 989. The number of ketones is 1. The maximum atomic E-state index is 12.4. The van der Waals surface area contributed by atoms with E-state index in [4.69, 9.17) is 4.74 Å². The number of thiazole rings is 1. The van der Waals surface area contributed by atoms with Crippen LogP contribution in [0.4, 0.5) is 0 Å². The number of amides is 1. The predicted molar refractivity (Wildman–Crippen MR) is 111 cm³/mol. The number of nitrogens with one attached hydrogen (secondary N) is 1. The predicted octanol–water partition coefficient (Wildman–Crippen LogP) is 3.96. The van der Waals surface area contributed by atoms with E-state index in [0.29, 0.717) is 28.4 Å². The van der Waals surface area contributed by atoms with Crippen molar-refractivity contribution in [3.63, 3.8) is 0 Å². The Balaban J connectivity index is 1.55. The summed E-state index contributed by atoms with van der Waals surface area (Å²) >= 11 is 4.18. The van der Waals surface area contributed by atoms with E-state index in [1.54, 1.807) is 24.3 Å². The van der Waals surface area contributed by atoms with Crippen molar-refractivity contribution < 1.29 is 19.1 Å². The first-order valence-corrected chi connectivity index (χ1v) is 11.0. The number of aromatic nitrogens is 1. The quantitative estimate of drug-likeness (QED) is 0.428. The fourth-order valence-corrected chi connectivity index (χ4v) is 4.99. The van der Waals surface area contributed by atoms with Crippen LogP contribution in [0.1, 0.15) is 36.8 Å². The van der Waals surface area contributed by atoms with Crippen LogP contribution in [0.3, 0.4) is 0 Å². The van der Waals surface area contributed by atoms with Crippen LogP contribution in [0.2, 0.25) is 0 Å². The van der Waals surface area contributed by atoms with Gasteiger partial charge in [-0.15, -0.1) is 22.7 Å². The number of Topliss-reactive ketones (excluding diaryl/α,β-unsaturated/α-hetero) is 1. The lowest BCUT2D eigenvalue weighted by Gasteiger charge is -2.02. The minimum Gasteiger partial charge on any atom is -0.453 e. The molecule has 0 fully saturated rings. The molecular formula is C19H18N2O4S3. The topological polar surface area (TPSA) is 85.4 Å². The fraction of sp³-hybridized carbons (Fsp3) is 0.263. The van der Waals surface area contributed by atoms with Crippen molar-refractivity contribution in [1.82, 2.24) is 10.3 Å². The number of nitrogens with zero attached hydrogens (tertiary/aromatic N) is 1. The number of aryl methyl sites for hydroxylation is 1. The highest BCUT2D eigenvalue weighted by atomic mass is 32.1. The van der Waals surface area contributed by atoms with Crippen molar-refractivity contribution in [3.8, 4) is 10.6 Å². The van der Waals surface area contributed by atoms with Gasteiger partial charge in [0.2, 0.25) is 11.7 Å². The first-order chi connectivity index (χ1) is 13.4. The summed E-state index contributed by atoms with van der Waals surface area (Å²) in [5.41, 5.74) is 1.57. The van der Waals surface area contributed by atoms with E-state index in [9.17, 15) is 14.4 Å². The van der Waals surface area contributed by atoms with Gasteiger partial charge in [-0.2, -0.15) is 11.3 Å². The molecule has 0 saturated carbocycles. The molecule has 0 unspecified atom stereocenters. The van der Waals surface area contributed by atoms with Gasteiger partial charge in [-0.05, 0) is 36.9 Å². The summed E-state index contributed by atoms with van der Waals surface area (Å²) < 4.78 is 5.21. The Hall–Kier alpha value is -2.36. The zero-order chi connectivity index (χ0) is 20.1. The number of rotatable bonds is 8. The Morgan fingerprint density at radius 2 is 2.00 bits per heavy atom. The van der Waals surface area contributed by atoms with E-state index < -0.39 is 5.97 Å². The summed E-state index contributed by atoms with van der Waals surface area (Å²) in [5, 5.41) is 7.40. The van der Waals surface area contributed by atoms with Crippen LogP contribution in [0.5, 0.6) is 0 Å². The first kappa shape index (κ1) is 20.4. The molecule has 3 rings (SSSR count). The van der Waals surface area contributed by atoms with Gasteiger partial charge in [-0.25, -0.2) is 9.78 Å². The highest BCUT2D eigenvalue weighted by Crippen LogP contribution is 2.29. The molecule has 0 radical (unpaired) electrons. The third-order valence-electron chi connectivity index (χ3n) is 3.77. The molecule has 0 atom stereocenters. The summed E-state index contributed by atoms with van der Waals surface area (Å²) in [6.45, 7) is 3.43. The number of ether oxygens (including phenoxy) is 1. The number of thiophene rings is 2. The Kier molecular flexibility index (Phi) is 6.71. The van der Waals surface area contributed by atoms with Crippen molar-refractivity contribution in [1.29, 1.82) is 0 Å². The van der Waals surface area contributed by atoms with Crippen molar-refractivity contribution in [2.24, 2.45) is 0 Å². The largest absolute Gasteiger partial charge is 0.453 e. The minimum absolute atomic E-state index is 0.0831. The van der Waals surface area contributed by atoms with Crippen LogP contribution >= 0.6 is 34.0 Å². The zero-order valence-electron chi connectivity index (χ0n) is 15.3. The van der Waals surface area contributed by atoms with Gasteiger partial charge in [0.25, 0.3) is 0 Å². The number of carbonyl (C=O) groups excluding carboxylic acids is 3. The van der Waals surface area contributed by atoms with Crippen molar-refractivity contribution in [2.45, 2.75) is 20.3 Å². The molecule has 3 aromatic rings. The summed E-state index contributed by atoms with van der Waals surface area (Å²) in [6.07, 6.45) is 0.655. The van der Waals surface area contributed by atoms with E-state index in [1.807, 2.05) is 22.9 Å². The molecule has 0 aliphatic rings. The van der Waals surface area contributed by atoms with Gasteiger partial charge < -0.3 is 10.1 Å². The molecule has 3 heterocycles. The molecule has 0 aliphatic carbocycles. The van der Waals surface area contributed by atoms with Gasteiger partial charge in [0.05, 0.1) is 10.6 Å². The van der Waals surface area contributed by atoms with Crippen LogP contribution in [0.25, 0.3) is 10.6 Å². The molecule has 28 heavy (non-hydrogen) atoms. The Labute approximate surface area is 174 Å². The second kappa shape index (κ2) is 9.22. The van der Waals surface area contributed by atoms with Gasteiger partial charge >= 0.3 is 5.97 Å². The molecular weight excluding hydrogens is 416 g/mol. The lowest BCUT2D eigenvalue weighted by atomic mass is 10.3. The summed E-state index contributed by atoms with van der Waals surface area (Å²) in [4.78, 5) is 41.9. The minimum atomic E-state index is -0.535. The van der Waals surface area contributed by atoms with E-state index in [1.165, 1.54) is 29.6 Å². The van der Waals surface area contributed by atoms with Crippen molar-refractivity contribution >= 4 is 51.7 Å². The van der Waals surface area contributed by atoms with Crippen LogP contribution < -0.4 is 5.32 Å². The van der Waals surface area contributed by atoms with Crippen LogP contribution in [-0.2, 0) is 16.0 Å². The smallest absolute Gasteiger partial charge is 0.350 e. The molecule has 0 aliphatic heterocycles. The summed E-state index contributed by atoms with van der Waals surface area (Å²) in [6, 6.07) is 5.51. The normalized spacial score (nSPS) is 10.6. The monoisotopic (exact) mass is 434 g/mol. The third-order valence-corrected chi connectivity index (χ3v) is 6.82. The number of esters is 1. The lowest BCUT2D eigenvalue weighted by Crippen LogP contribution is -2.22. The van der Waals surface area contributed by atoms with Gasteiger partial charge in [0.15, 0.2) is 6.61 Å². The number of carbonyl (C=O) groups is 3. The van der Waals surface area contributed by atoms with Crippen LogP contribution in [0.15, 0.2) is 29.0 Å². The fourth-order valence-electron chi connectivity index (χ4n) is 2.39. The molecule has 1 amide bonds. The second-order valence-electron chi connectivity index (χ2n) is 5.94. The summed E-state index contributed by atoms with van der Waals surface area (Å²) in [7, 11) is 0. The SMILES string of the molecule is CC(=O)NCCc1ccc(C(=O)COC(=O)c2sc(-c3ccsc3)nc2C)s1. The molecule has 0 aromatic carbocycles. The van der Waals surface area contributed by atoms with Crippen LogP contribution in [0, 0.1) is 6.92 Å². The zero-order valence-corrected chi connectivity index (χ0v) is 17.8. The van der Waals surface area contributed by atoms with Crippen LogP contribution in [-0.4, -0.2) is 35.8 Å². The molecule has 9 heteroatoms. The van der Waals surface area contributed by atoms with E-state index in [2.05, 4.69) is 10.3 Å². The molecule has 6 nitrogen and oxygen atoms in total. The van der Waals surface area contributed by atoms with Gasteiger partial charge in [-0.3, -0.25) is 9.59 Å². The van der Waals surface area contributed by atoms with Gasteiger partial charge in [0, 0.05) is 29.3 Å². The Morgan fingerprint density at radius 3 is 2.71 bits per heavy atom. The second-order valence-corrected chi connectivity index (χ2v) is 8.89. The maximum Gasteiger partial charge on any atom is 0.350 e. The summed E-state index contributed by atoms with van der Waals surface area (Å²) in [5.74, 6) is -0.864. The number of hydrogen-bond donors (Lipinski definition) is 1. The average Bonchev–Trinajstić information content (AvgIpc) is 3.39. The first-order valence-electron chi connectivity index (χ1n) is 8.47. The molecule has 0 bridgehead atoms.